The molecule has 1 aliphatic carbocycles. The number of rotatable bonds is 2. The summed E-state index contributed by atoms with van der Waals surface area (Å²) in [5.41, 5.74) is 1.38. The zero-order valence-electron chi connectivity index (χ0n) is 8.82. The second-order valence-corrected chi connectivity index (χ2v) is 4.82. The van der Waals surface area contributed by atoms with Crippen molar-refractivity contribution in [1.82, 2.24) is 5.32 Å². The van der Waals surface area contributed by atoms with Gasteiger partial charge in [-0.3, -0.25) is 4.79 Å². The van der Waals surface area contributed by atoms with E-state index in [0.717, 1.165) is 19.3 Å². The zero-order valence-corrected chi connectivity index (χ0v) is 9.64. The highest BCUT2D eigenvalue weighted by atomic mass is 32.1. The first-order valence-corrected chi connectivity index (χ1v) is 6.15. The number of carbonyl (C=O) groups excluding carboxylic acids is 1. The second-order valence-electron chi connectivity index (χ2n) is 3.87. The summed E-state index contributed by atoms with van der Waals surface area (Å²) < 4.78 is 0. The first-order chi connectivity index (χ1) is 7.25. The van der Waals surface area contributed by atoms with Crippen molar-refractivity contribution in [2.45, 2.75) is 32.2 Å². The molecule has 2 rings (SSSR count). The number of hydrogen-bond donors (Lipinski definition) is 1. The van der Waals surface area contributed by atoms with Crippen LogP contribution in [-0.4, -0.2) is 11.9 Å². The summed E-state index contributed by atoms with van der Waals surface area (Å²) in [4.78, 5) is 12.3. The molecule has 2 nitrogen and oxygen atoms in total. The lowest BCUT2D eigenvalue weighted by Crippen LogP contribution is -2.32. The van der Waals surface area contributed by atoms with Gasteiger partial charge in [-0.15, -0.1) is 11.3 Å². The van der Waals surface area contributed by atoms with Crippen LogP contribution < -0.4 is 5.32 Å². The van der Waals surface area contributed by atoms with Gasteiger partial charge in [-0.2, -0.15) is 0 Å². The molecule has 0 bridgehead atoms. The van der Waals surface area contributed by atoms with Crippen molar-refractivity contribution in [2.75, 3.05) is 0 Å². The highest BCUT2D eigenvalue weighted by Gasteiger charge is 2.15. The van der Waals surface area contributed by atoms with Crippen LogP contribution >= 0.6 is 11.3 Å². The molecule has 0 saturated heterocycles. The summed E-state index contributed by atoms with van der Waals surface area (Å²) >= 11 is 1.77. The number of nitrogens with one attached hydrogen (secondary N) is 1. The summed E-state index contributed by atoms with van der Waals surface area (Å²) in [7, 11) is 0. The SMILES string of the molecule is CC(=O)N[C@@H]1C=C(c2cccs2)CCC1. The van der Waals surface area contributed by atoms with Crippen molar-refractivity contribution in [3.63, 3.8) is 0 Å². The molecule has 0 fully saturated rings. The van der Waals surface area contributed by atoms with E-state index in [9.17, 15) is 4.79 Å². The molecule has 1 atom stereocenters. The number of thiophene rings is 1. The minimum Gasteiger partial charge on any atom is -0.350 e. The number of carbonyl (C=O) groups is 1. The third-order valence-electron chi connectivity index (χ3n) is 2.59. The van der Waals surface area contributed by atoms with Crippen LogP contribution in [0.3, 0.4) is 0 Å². The minimum atomic E-state index is 0.0590. The average molecular weight is 221 g/mol. The lowest BCUT2D eigenvalue weighted by molar-refractivity contribution is -0.119. The zero-order chi connectivity index (χ0) is 10.7. The largest absolute Gasteiger partial charge is 0.350 e. The van der Waals surface area contributed by atoms with Crippen molar-refractivity contribution >= 4 is 22.8 Å². The molecule has 1 amide bonds. The van der Waals surface area contributed by atoms with Gasteiger partial charge in [0.2, 0.25) is 5.91 Å². The van der Waals surface area contributed by atoms with Gasteiger partial charge in [-0.25, -0.2) is 0 Å². The van der Waals surface area contributed by atoms with Gasteiger partial charge in [0.25, 0.3) is 0 Å². The first-order valence-electron chi connectivity index (χ1n) is 5.27. The van der Waals surface area contributed by atoms with E-state index in [1.807, 2.05) is 0 Å². The summed E-state index contributed by atoms with van der Waals surface area (Å²) in [5.74, 6) is 0.0590. The lowest BCUT2D eigenvalue weighted by Gasteiger charge is -2.21. The van der Waals surface area contributed by atoms with Crippen molar-refractivity contribution in [2.24, 2.45) is 0 Å². The lowest BCUT2D eigenvalue weighted by atomic mass is 9.95. The summed E-state index contributed by atoms with van der Waals surface area (Å²) in [6, 6.07) is 4.45. The first kappa shape index (κ1) is 10.4. The van der Waals surface area contributed by atoms with Crippen LogP contribution in [-0.2, 0) is 4.79 Å². The van der Waals surface area contributed by atoms with Crippen LogP contribution in [0.4, 0.5) is 0 Å². The van der Waals surface area contributed by atoms with Crippen molar-refractivity contribution in [3.8, 4) is 0 Å². The maximum Gasteiger partial charge on any atom is 0.217 e. The molecule has 1 aromatic heterocycles. The van der Waals surface area contributed by atoms with Gasteiger partial charge >= 0.3 is 0 Å². The maximum atomic E-state index is 11.0. The molecule has 80 valence electrons. The van der Waals surface area contributed by atoms with Crippen molar-refractivity contribution in [1.29, 1.82) is 0 Å². The molecular weight excluding hydrogens is 206 g/mol. The molecule has 1 heterocycles. The van der Waals surface area contributed by atoms with Crippen LogP contribution in [0, 0.1) is 0 Å². The summed E-state index contributed by atoms with van der Waals surface area (Å²) in [6.07, 6.45) is 5.57. The maximum absolute atomic E-state index is 11.0. The van der Waals surface area contributed by atoms with Gasteiger partial charge in [0, 0.05) is 17.8 Å². The van der Waals surface area contributed by atoms with E-state index in [-0.39, 0.29) is 11.9 Å². The van der Waals surface area contributed by atoms with Crippen molar-refractivity contribution in [3.05, 3.63) is 28.5 Å². The monoisotopic (exact) mass is 221 g/mol. The Morgan fingerprint density at radius 1 is 1.60 bits per heavy atom. The topological polar surface area (TPSA) is 29.1 Å². The van der Waals surface area contributed by atoms with E-state index in [1.54, 1.807) is 18.3 Å². The van der Waals surface area contributed by atoms with Gasteiger partial charge in [-0.1, -0.05) is 12.1 Å². The molecule has 0 saturated carbocycles. The van der Waals surface area contributed by atoms with E-state index in [2.05, 4.69) is 28.9 Å². The van der Waals surface area contributed by atoms with Gasteiger partial charge < -0.3 is 5.32 Å². The van der Waals surface area contributed by atoms with Crippen LogP contribution in [0.1, 0.15) is 31.1 Å². The molecule has 1 N–H and O–H groups in total. The molecule has 15 heavy (non-hydrogen) atoms. The van der Waals surface area contributed by atoms with E-state index in [4.69, 9.17) is 0 Å². The average Bonchev–Trinajstić information content (AvgIpc) is 2.69. The van der Waals surface area contributed by atoms with Crippen LogP contribution in [0.15, 0.2) is 23.6 Å². The predicted octanol–water partition coefficient (Wildman–Crippen LogP) is 2.82. The molecular formula is C12H15NOS. The highest BCUT2D eigenvalue weighted by molar-refractivity contribution is 7.11. The summed E-state index contributed by atoms with van der Waals surface area (Å²) in [5, 5.41) is 5.06. The minimum absolute atomic E-state index is 0.0590. The fourth-order valence-electron chi connectivity index (χ4n) is 1.96. The van der Waals surface area contributed by atoms with Crippen LogP contribution in [0.2, 0.25) is 0 Å². The smallest absolute Gasteiger partial charge is 0.217 e. The van der Waals surface area contributed by atoms with Gasteiger partial charge in [0.05, 0.1) is 0 Å². The normalized spacial score (nSPS) is 20.9. The van der Waals surface area contributed by atoms with Gasteiger partial charge in [0.15, 0.2) is 0 Å². The quantitative estimate of drug-likeness (QED) is 0.817. The Morgan fingerprint density at radius 3 is 3.13 bits per heavy atom. The van der Waals surface area contributed by atoms with E-state index in [0.29, 0.717) is 0 Å². The van der Waals surface area contributed by atoms with Crippen molar-refractivity contribution < 1.29 is 4.79 Å². The second kappa shape index (κ2) is 4.62. The van der Waals surface area contributed by atoms with Crippen LogP contribution in [0.5, 0.6) is 0 Å². The highest BCUT2D eigenvalue weighted by Crippen LogP contribution is 2.29. The Hall–Kier alpha value is -1.09. The Labute approximate surface area is 94.0 Å². The molecule has 0 unspecified atom stereocenters. The third-order valence-corrected chi connectivity index (χ3v) is 3.54. The Bertz CT molecular complexity index is 367. The summed E-state index contributed by atoms with van der Waals surface area (Å²) in [6.45, 7) is 1.58. The standard InChI is InChI=1S/C12H15NOS/c1-9(14)13-11-5-2-4-10(8-11)12-6-3-7-15-12/h3,6-8,11H,2,4-5H2,1H3,(H,13,14)/t11-/m0/s1. The third kappa shape index (κ3) is 2.69. The van der Waals surface area contributed by atoms with Gasteiger partial charge in [-0.05, 0) is 36.3 Å². The van der Waals surface area contributed by atoms with Gasteiger partial charge in [0.1, 0.15) is 0 Å². The van der Waals surface area contributed by atoms with E-state index < -0.39 is 0 Å². The van der Waals surface area contributed by atoms with E-state index >= 15 is 0 Å². The molecule has 3 heteroatoms. The number of amides is 1. The molecule has 1 aliphatic rings. The predicted molar refractivity (Wildman–Crippen MR) is 63.8 cm³/mol. The number of allylic oxidation sites excluding steroid dienone is 1. The number of hydrogen-bond acceptors (Lipinski definition) is 2. The Morgan fingerprint density at radius 2 is 2.47 bits per heavy atom. The molecule has 0 spiro atoms. The van der Waals surface area contributed by atoms with Crippen LogP contribution in [0.25, 0.3) is 5.57 Å². The Balaban J connectivity index is 2.12. The van der Waals surface area contributed by atoms with E-state index in [1.165, 1.54) is 10.5 Å². The molecule has 0 radical (unpaired) electrons. The Kier molecular flexibility index (Phi) is 3.21. The fourth-order valence-corrected chi connectivity index (χ4v) is 2.75. The fraction of sp³-hybridized carbons (Fsp3) is 0.417. The molecule has 1 aromatic rings. The molecule has 0 aromatic carbocycles. The molecule has 0 aliphatic heterocycles.